The number of anilines is 1. The minimum atomic E-state index is -4.59. The third kappa shape index (κ3) is 11.1. The number of carbonyl (C=O) groups is 3. The van der Waals surface area contributed by atoms with E-state index in [4.69, 9.17) is 10.2 Å². The number of hydrogen-bond donors (Lipinski definition) is 2. The Hall–Kier alpha value is -2.50. The van der Waals surface area contributed by atoms with Crippen LogP contribution >= 0.6 is 0 Å². The SMILES string of the molecule is CC(=O)N(c1cccc(C(F)(F)F)c1)C(C(=O)CCC(=O)[O-])C(C)C.C[N+](C)(CCO)CCO. The number of aliphatic hydroxyl groups excluding tert-OH is 2. The molecule has 1 atom stereocenters. The molecule has 0 aliphatic carbocycles. The van der Waals surface area contributed by atoms with Gasteiger partial charge < -0.3 is 29.5 Å². The number of benzene rings is 1. The maximum Gasteiger partial charge on any atom is 0.416 e. The van der Waals surface area contributed by atoms with Gasteiger partial charge in [0.05, 0.1) is 38.9 Å². The number of carbonyl (C=O) groups excluding carboxylic acids is 3. The number of likely N-dealkylation sites (N-methyl/N-ethyl adjacent to an activating group) is 1. The molecule has 1 aromatic rings. The highest BCUT2D eigenvalue weighted by molar-refractivity contribution is 6.01. The Morgan fingerprint density at radius 1 is 1.06 bits per heavy atom. The standard InChI is InChI=1S/C17H20F3NO4.C6H16NO2/c1-10(2)16(14(23)7-8-15(24)25)21(11(3)22)13-6-4-5-12(9-13)17(18,19)20;1-7(2,3-5-8)4-6-9/h4-6,9-10,16H,7-8H2,1-3H3,(H,24,25);8-9H,3-6H2,1-2H3/q;+1/p-1. The van der Waals surface area contributed by atoms with Crippen LogP contribution in [0.15, 0.2) is 24.3 Å². The maximum absolute atomic E-state index is 12.9. The van der Waals surface area contributed by atoms with Crippen molar-refractivity contribution < 1.29 is 47.4 Å². The van der Waals surface area contributed by atoms with Crippen molar-refractivity contribution in [2.75, 3.05) is 45.3 Å². The summed E-state index contributed by atoms with van der Waals surface area (Å²) in [7, 11) is 3.96. The van der Waals surface area contributed by atoms with E-state index >= 15 is 0 Å². The fraction of sp³-hybridized carbons (Fsp3) is 0.609. The van der Waals surface area contributed by atoms with Gasteiger partial charge in [0.15, 0.2) is 5.78 Å². The number of ketones is 1. The van der Waals surface area contributed by atoms with Gasteiger partial charge in [0, 0.05) is 25.0 Å². The molecular formula is C23H35F3N2O6. The molecule has 1 unspecified atom stereocenters. The van der Waals surface area contributed by atoms with Gasteiger partial charge in [-0.05, 0) is 30.5 Å². The van der Waals surface area contributed by atoms with Gasteiger partial charge in [-0.3, -0.25) is 9.59 Å². The normalized spacial score (nSPS) is 12.6. The molecule has 1 amide bonds. The van der Waals surface area contributed by atoms with Gasteiger partial charge in [0.25, 0.3) is 0 Å². The Labute approximate surface area is 198 Å². The first-order valence-electron chi connectivity index (χ1n) is 10.8. The Morgan fingerprint density at radius 3 is 1.97 bits per heavy atom. The number of aliphatic carboxylic acids is 1. The first-order chi connectivity index (χ1) is 15.6. The number of hydrogen-bond acceptors (Lipinski definition) is 6. The van der Waals surface area contributed by atoms with Crippen LogP contribution in [0.25, 0.3) is 0 Å². The van der Waals surface area contributed by atoms with Crippen LogP contribution in [0.5, 0.6) is 0 Å². The third-order valence-electron chi connectivity index (χ3n) is 5.02. The first-order valence-corrected chi connectivity index (χ1v) is 10.8. The van der Waals surface area contributed by atoms with Crippen molar-refractivity contribution in [1.29, 1.82) is 0 Å². The molecule has 0 aromatic heterocycles. The van der Waals surface area contributed by atoms with E-state index in [0.717, 1.165) is 30.0 Å². The molecule has 11 heteroatoms. The lowest BCUT2D eigenvalue weighted by atomic mass is 9.94. The number of alkyl halides is 3. The Kier molecular flexibility index (Phi) is 13.0. The lowest BCUT2D eigenvalue weighted by Crippen LogP contribution is -2.48. The number of carboxylic acids is 1. The fourth-order valence-corrected chi connectivity index (χ4v) is 3.21. The number of rotatable bonds is 11. The molecule has 0 radical (unpaired) electrons. The van der Waals surface area contributed by atoms with Crippen molar-refractivity contribution in [1.82, 2.24) is 0 Å². The number of aliphatic hydroxyl groups is 2. The van der Waals surface area contributed by atoms with Crippen molar-refractivity contribution in [3.8, 4) is 0 Å². The van der Waals surface area contributed by atoms with E-state index in [9.17, 15) is 32.7 Å². The largest absolute Gasteiger partial charge is 0.550 e. The lowest BCUT2D eigenvalue weighted by Gasteiger charge is -2.33. The van der Waals surface area contributed by atoms with Crippen molar-refractivity contribution >= 4 is 23.3 Å². The van der Waals surface area contributed by atoms with Gasteiger partial charge >= 0.3 is 6.18 Å². The average Bonchev–Trinajstić information content (AvgIpc) is 2.69. The summed E-state index contributed by atoms with van der Waals surface area (Å²) in [4.78, 5) is 36.0. The number of amides is 1. The molecule has 1 rings (SSSR count). The number of carboxylic acid groups (broad SMARTS) is 1. The fourth-order valence-electron chi connectivity index (χ4n) is 3.21. The van der Waals surface area contributed by atoms with Gasteiger partial charge in [-0.1, -0.05) is 19.9 Å². The highest BCUT2D eigenvalue weighted by Gasteiger charge is 2.34. The van der Waals surface area contributed by atoms with E-state index in [2.05, 4.69) is 0 Å². The van der Waals surface area contributed by atoms with E-state index < -0.39 is 47.8 Å². The van der Waals surface area contributed by atoms with E-state index in [1.807, 2.05) is 14.1 Å². The van der Waals surface area contributed by atoms with Gasteiger partial charge in [0.1, 0.15) is 13.1 Å². The highest BCUT2D eigenvalue weighted by atomic mass is 19.4. The highest BCUT2D eigenvalue weighted by Crippen LogP contribution is 2.33. The van der Waals surface area contributed by atoms with Gasteiger partial charge in [-0.15, -0.1) is 0 Å². The Morgan fingerprint density at radius 2 is 1.59 bits per heavy atom. The zero-order valence-electron chi connectivity index (χ0n) is 20.3. The van der Waals surface area contributed by atoms with Crippen molar-refractivity contribution in [2.24, 2.45) is 5.92 Å². The lowest BCUT2D eigenvalue weighted by molar-refractivity contribution is -0.890. The summed E-state index contributed by atoms with van der Waals surface area (Å²) in [6.45, 7) is 6.19. The van der Waals surface area contributed by atoms with E-state index in [1.165, 1.54) is 6.07 Å². The van der Waals surface area contributed by atoms with Crippen LogP contribution in [-0.4, -0.2) is 78.8 Å². The molecule has 0 bridgehead atoms. The van der Waals surface area contributed by atoms with Crippen LogP contribution in [-0.2, 0) is 20.6 Å². The van der Waals surface area contributed by atoms with Crippen LogP contribution in [0.1, 0.15) is 39.2 Å². The molecule has 0 aliphatic rings. The topological polar surface area (TPSA) is 118 Å². The summed E-state index contributed by atoms with van der Waals surface area (Å²) in [5.41, 5.74) is -1.01. The predicted octanol–water partition coefficient (Wildman–Crippen LogP) is 1.23. The molecule has 2 N–H and O–H groups in total. The summed E-state index contributed by atoms with van der Waals surface area (Å²) < 4.78 is 39.4. The minimum absolute atomic E-state index is 0.0668. The number of nitrogens with zero attached hydrogens (tertiary/aromatic N) is 2. The molecule has 1 aromatic carbocycles. The van der Waals surface area contributed by atoms with Crippen LogP contribution in [0.3, 0.4) is 0 Å². The summed E-state index contributed by atoms with van der Waals surface area (Å²) in [5.74, 6) is -3.00. The second kappa shape index (κ2) is 14.0. The van der Waals surface area contributed by atoms with E-state index in [-0.39, 0.29) is 25.3 Å². The molecule has 0 saturated carbocycles. The smallest absolute Gasteiger partial charge is 0.416 e. The first kappa shape index (κ1) is 31.5. The quantitative estimate of drug-likeness (QED) is 0.449. The number of Topliss-reactive ketones (excluding diaryl/α,β-unsaturated/α-hetero) is 1. The monoisotopic (exact) mass is 492 g/mol. The van der Waals surface area contributed by atoms with Crippen molar-refractivity contribution in [3.05, 3.63) is 29.8 Å². The Balaban J connectivity index is 0.00000102. The number of halogens is 3. The second-order valence-electron chi connectivity index (χ2n) is 8.79. The summed E-state index contributed by atoms with van der Waals surface area (Å²) in [6, 6.07) is 3.04. The summed E-state index contributed by atoms with van der Waals surface area (Å²) >= 11 is 0. The predicted molar refractivity (Wildman–Crippen MR) is 118 cm³/mol. The molecule has 0 saturated heterocycles. The number of quaternary nitrogens is 1. The van der Waals surface area contributed by atoms with E-state index in [1.54, 1.807) is 13.8 Å². The average molecular weight is 493 g/mol. The zero-order chi connectivity index (χ0) is 26.7. The third-order valence-corrected chi connectivity index (χ3v) is 5.02. The minimum Gasteiger partial charge on any atom is -0.550 e. The van der Waals surface area contributed by atoms with Crippen LogP contribution < -0.4 is 10.0 Å². The molecule has 0 fully saturated rings. The molecule has 0 heterocycles. The summed E-state index contributed by atoms with van der Waals surface area (Å²) in [5, 5.41) is 27.6. The van der Waals surface area contributed by atoms with Gasteiger partial charge in [-0.2, -0.15) is 13.2 Å². The van der Waals surface area contributed by atoms with Crippen LogP contribution in [0.4, 0.5) is 18.9 Å². The van der Waals surface area contributed by atoms with Gasteiger partial charge in [-0.25, -0.2) is 0 Å². The van der Waals surface area contributed by atoms with Gasteiger partial charge in [0.2, 0.25) is 5.91 Å². The Bertz CT molecular complexity index is 804. The molecule has 0 aliphatic heterocycles. The van der Waals surface area contributed by atoms with Crippen LogP contribution in [0, 0.1) is 5.92 Å². The van der Waals surface area contributed by atoms with Crippen molar-refractivity contribution in [3.63, 3.8) is 0 Å². The molecule has 8 nitrogen and oxygen atoms in total. The molecule has 34 heavy (non-hydrogen) atoms. The van der Waals surface area contributed by atoms with Crippen molar-refractivity contribution in [2.45, 2.75) is 45.8 Å². The van der Waals surface area contributed by atoms with Crippen LogP contribution in [0.2, 0.25) is 0 Å². The summed E-state index contributed by atoms with van der Waals surface area (Å²) in [6.07, 6.45) is -5.48. The maximum atomic E-state index is 12.9. The molecule has 194 valence electrons. The molecule has 0 spiro atoms. The molecular weight excluding hydrogens is 457 g/mol. The van der Waals surface area contributed by atoms with E-state index in [0.29, 0.717) is 17.6 Å². The second-order valence-corrected chi connectivity index (χ2v) is 8.79. The zero-order valence-corrected chi connectivity index (χ0v) is 20.3.